The lowest BCUT2D eigenvalue weighted by atomic mass is 9.96. The molecule has 1 fully saturated rings. The second kappa shape index (κ2) is 8.54. The molecule has 1 saturated heterocycles. The summed E-state index contributed by atoms with van der Waals surface area (Å²) in [6, 6.07) is 4.55. The molecule has 4 heteroatoms. The van der Waals surface area contributed by atoms with E-state index in [4.69, 9.17) is 0 Å². The van der Waals surface area contributed by atoms with Gasteiger partial charge in [0.05, 0.1) is 0 Å². The normalized spacial score (nSPS) is 16.3. The number of aryl methyl sites for hydroxylation is 1. The first-order chi connectivity index (χ1) is 10.2. The zero-order valence-electron chi connectivity index (χ0n) is 13.3. The Morgan fingerprint density at radius 3 is 2.81 bits per heavy atom. The van der Waals surface area contributed by atoms with Gasteiger partial charge in [0.2, 0.25) is 5.91 Å². The first-order valence-electron chi connectivity index (χ1n) is 8.19. The third kappa shape index (κ3) is 5.44. The Labute approximate surface area is 132 Å². The van der Waals surface area contributed by atoms with Crippen molar-refractivity contribution in [3.63, 3.8) is 0 Å². The van der Waals surface area contributed by atoms with Gasteiger partial charge in [-0.3, -0.25) is 4.79 Å². The lowest BCUT2D eigenvalue weighted by Gasteiger charge is -2.33. The maximum Gasteiger partial charge on any atom is 0.222 e. The van der Waals surface area contributed by atoms with Crippen molar-refractivity contribution in [1.29, 1.82) is 0 Å². The van der Waals surface area contributed by atoms with Crippen LogP contribution in [0.5, 0.6) is 0 Å². The monoisotopic (exact) mass is 308 g/mol. The van der Waals surface area contributed by atoms with Crippen LogP contribution in [-0.4, -0.2) is 36.5 Å². The summed E-state index contributed by atoms with van der Waals surface area (Å²) < 4.78 is 0. The summed E-state index contributed by atoms with van der Waals surface area (Å²) in [4.78, 5) is 16.0. The topological polar surface area (TPSA) is 32.3 Å². The third-order valence-electron chi connectivity index (χ3n) is 4.25. The highest BCUT2D eigenvalue weighted by molar-refractivity contribution is 7.09. The maximum absolute atomic E-state index is 12.5. The van der Waals surface area contributed by atoms with Crippen LogP contribution in [0.15, 0.2) is 17.5 Å². The third-order valence-corrected chi connectivity index (χ3v) is 5.19. The summed E-state index contributed by atoms with van der Waals surface area (Å²) in [5.41, 5.74) is 0. The van der Waals surface area contributed by atoms with E-state index in [0.29, 0.717) is 24.3 Å². The molecular formula is C17H28N2OS. The molecule has 0 saturated carbocycles. The van der Waals surface area contributed by atoms with Crippen LogP contribution in [0.4, 0.5) is 0 Å². The number of nitrogens with zero attached hydrogens (tertiary/aromatic N) is 1. The van der Waals surface area contributed by atoms with Gasteiger partial charge in [0, 0.05) is 23.9 Å². The van der Waals surface area contributed by atoms with Gasteiger partial charge in [0.25, 0.3) is 0 Å². The minimum absolute atomic E-state index is 0.314. The van der Waals surface area contributed by atoms with Crippen LogP contribution in [0.2, 0.25) is 0 Å². The van der Waals surface area contributed by atoms with E-state index in [2.05, 4.69) is 41.6 Å². The van der Waals surface area contributed by atoms with E-state index >= 15 is 0 Å². The number of carbonyl (C=O) groups is 1. The summed E-state index contributed by atoms with van der Waals surface area (Å²) >= 11 is 1.79. The van der Waals surface area contributed by atoms with Gasteiger partial charge in [-0.1, -0.05) is 6.07 Å². The van der Waals surface area contributed by atoms with E-state index in [9.17, 15) is 4.79 Å². The molecule has 1 aliphatic rings. The van der Waals surface area contributed by atoms with E-state index in [0.717, 1.165) is 32.5 Å². The molecule has 1 aliphatic heterocycles. The van der Waals surface area contributed by atoms with Crippen molar-refractivity contribution < 1.29 is 4.79 Å². The number of hydrogen-bond donors (Lipinski definition) is 1. The molecule has 0 aromatic carbocycles. The Bertz CT molecular complexity index is 410. The fourth-order valence-electron chi connectivity index (χ4n) is 2.96. The molecule has 0 bridgehead atoms. The molecule has 0 unspecified atom stereocenters. The zero-order chi connectivity index (χ0) is 15.1. The quantitative estimate of drug-likeness (QED) is 0.838. The predicted molar refractivity (Wildman–Crippen MR) is 89.7 cm³/mol. The van der Waals surface area contributed by atoms with Gasteiger partial charge in [0.15, 0.2) is 0 Å². The van der Waals surface area contributed by atoms with Crippen LogP contribution in [-0.2, 0) is 11.2 Å². The Hall–Kier alpha value is -0.870. The van der Waals surface area contributed by atoms with Gasteiger partial charge in [-0.15, -0.1) is 11.3 Å². The average molecular weight is 308 g/mol. The molecule has 0 aliphatic carbocycles. The Kier molecular flexibility index (Phi) is 6.71. The van der Waals surface area contributed by atoms with Crippen molar-refractivity contribution in [1.82, 2.24) is 10.2 Å². The standard InChI is InChI=1S/C17H28N2OS/c1-14(2)19(13-15-8-10-18-11-9-15)17(20)7-3-5-16-6-4-12-21-16/h4,6,12,14-15,18H,3,5,7-11,13H2,1-2H3. The second-order valence-corrected chi connectivity index (χ2v) is 7.30. The summed E-state index contributed by atoms with van der Waals surface area (Å²) in [6.45, 7) is 7.42. The highest BCUT2D eigenvalue weighted by atomic mass is 32.1. The van der Waals surface area contributed by atoms with Crippen molar-refractivity contribution in [2.45, 2.75) is 52.0 Å². The highest BCUT2D eigenvalue weighted by Crippen LogP contribution is 2.17. The van der Waals surface area contributed by atoms with Crippen molar-refractivity contribution in [2.75, 3.05) is 19.6 Å². The van der Waals surface area contributed by atoms with Crippen LogP contribution in [0.1, 0.15) is 44.4 Å². The number of thiophene rings is 1. The summed E-state index contributed by atoms with van der Waals surface area (Å²) in [5, 5.41) is 5.50. The minimum Gasteiger partial charge on any atom is -0.340 e. The van der Waals surface area contributed by atoms with Crippen LogP contribution < -0.4 is 5.32 Å². The highest BCUT2D eigenvalue weighted by Gasteiger charge is 2.22. The summed E-state index contributed by atoms with van der Waals surface area (Å²) in [7, 11) is 0. The van der Waals surface area contributed by atoms with Gasteiger partial charge in [0.1, 0.15) is 0 Å². The van der Waals surface area contributed by atoms with Crippen molar-refractivity contribution >= 4 is 17.2 Å². The van der Waals surface area contributed by atoms with Crippen molar-refractivity contribution in [3.05, 3.63) is 22.4 Å². The van der Waals surface area contributed by atoms with E-state index in [1.807, 2.05) is 0 Å². The molecule has 2 heterocycles. The Morgan fingerprint density at radius 1 is 1.43 bits per heavy atom. The first-order valence-corrected chi connectivity index (χ1v) is 9.07. The fourth-order valence-corrected chi connectivity index (χ4v) is 3.71. The predicted octanol–water partition coefficient (Wildman–Crippen LogP) is 3.31. The fraction of sp³-hybridized carbons (Fsp3) is 0.706. The molecule has 118 valence electrons. The Morgan fingerprint density at radius 2 is 2.19 bits per heavy atom. The second-order valence-electron chi connectivity index (χ2n) is 6.27. The Balaban J connectivity index is 1.77. The molecule has 1 aromatic rings. The van der Waals surface area contributed by atoms with Gasteiger partial charge >= 0.3 is 0 Å². The van der Waals surface area contributed by atoms with E-state index in [1.165, 1.54) is 17.7 Å². The number of nitrogens with one attached hydrogen (secondary N) is 1. The van der Waals surface area contributed by atoms with Crippen LogP contribution in [0.25, 0.3) is 0 Å². The molecule has 0 atom stereocenters. The molecule has 21 heavy (non-hydrogen) atoms. The molecule has 0 spiro atoms. The van der Waals surface area contributed by atoms with E-state index in [1.54, 1.807) is 11.3 Å². The van der Waals surface area contributed by atoms with Gasteiger partial charge in [-0.2, -0.15) is 0 Å². The summed E-state index contributed by atoms with van der Waals surface area (Å²) in [5.74, 6) is 1.01. The van der Waals surface area contributed by atoms with Crippen molar-refractivity contribution in [2.24, 2.45) is 5.92 Å². The largest absolute Gasteiger partial charge is 0.340 e. The lowest BCUT2D eigenvalue weighted by Crippen LogP contribution is -2.42. The number of amides is 1. The van der Waals surface area contributed by atoms with Crippen LogP contribution >= 0.6 is 11.3 Å². The van der Waals surface area contributed by atoms with Gasteiger partial charge < -0.3 is 10.2 Å². The molecule has 1 aromatic heterocycles. The maximum atomic E-state index is 12.5. The molecule has 3 nitrogen and oxygen atoms in total. The minimum atomic E-state index is 0.314. The number of hydrogen-bond acceptors (Lipinski definition) is 3. The number of piperidine rings is 1. The SMILES string of the molecule is CC(C)N(CC1CCNCC1)C(=O)CCCc1cccs1. The molecule has 2 rings (SSSR count). The van der Waals surface area contributed by atoms with Crippen molar-refractivity contribution in [3.8, 4) is 0 Å². The van der Waals surface area contributed by atoms with E-state index in [-0.39, 0.29) is 0 Å². The zero-order valence-corrected chi connectivity index (χ0v) is 14.1. The van der Waals surface area contributed by atoms with E-state index < -0.39 is 0 Å². The van der Waals surface area contributed by atoms with Gasteiger partial charge in [-0.05, 0) is 70.0 Å². The molecule has 1 amide bonds. The first kappa shape index (κ1) is 16.5. The smallest absolute Gasteiger partial charge is 0.222 e. The molecule has 0 radical (unpaired) electrons. The number of carbonyl (C=O) groups excluding carboxylic acids is 1. The lowest BCUT2D eigenvalue weighted by molar-refractivity contribution is -0.133. The average Bonchev–Trinajstić information content (AvgIpc) is 2.98. The molecule has 1 N–H and O–H groups in total. The molecular weight excluding hydrogens is 280 g/mol. The van der Waals surface area contributed by atoms with Crippen LogP contribution in [0, 0.1) is 5.92 Å². The summed E-state index contributed by atoms with van der Waals surface area (Å²) in [6.07, 6.45) is 5.08. The van der Waals surface area contributed by atoms with Gasteiger partial charge in [-0.25, -0.2) is 0 Å². The van der Waals surface area contributed by atoms with Crippen LogP contribution in [0.3, 0.4) is 0 Å². The number of rotatable bonds is 7.